The third kappa shape index (κ3) is 3.77. The van der Waals surface area contributed by atoms with Gasteiger partial charge >= 0.3 is 0 Å². The molecule has 2 heterocycles. The van der Waals surface area contributed by atoms with Crippen LogP contribution in [0.4, 0.5) is 0 Å². The zero-order valence-electron chi connectivity index (χ0n) is 14.5. The molecule has 0 radical (unpaired) electrons. The molecule has 2 aliphatic rings. The summed E-state index contributed by atoms with van der Waals surface area (Å²) in [6, 6.07) is 0.296. The number of hydrogen-bond donors (Lipinski definition) is 2. The van der Waals surface area contributed by atoms with Crippen LogP contribution in [-0.2, 0) is 4.74 Å². The van der Waals surface area contributed by atoms with Crippen molar-refractivity contribution in [3.05, 3.63) is 17.5 Å². The van der Waals surface area contributed by atoms with E-state index in [0.717, 1.165) is 50.2 Å². The second-order valence-electron chi connectivity index (χ2n) is 8.13. The normalized spacial score (nSPS) is 26.4. The minimum atomic E-state index is 0.0276. The van der Waals surface area contributed by atoms with E-state index in [2.05, 4.69) is 36.3 Å². The maximum Gasteiger partial charge on any atom is 0.254 e. The number of ether oxygens (including phenoxy) is 1. The summed E-state index contributed by atoms with van der Waals surface area (Å²) in [7, 11) is 0. The average Bonchev–Trinajstić information content (AvgIpc) is 3.16. The van der Waals surface area contributed by atoms with E-state index in [1.165, 1.54) is 6.42 Å². The lowest BCUT2D eigenvalue weighted by Gasteiger charge is -2.27. The lowest BCUT2D eigenvalue weighted by molar-refractivity contribution is 0.0831. The molecular weight excluding hydrogens is 290 g/mol. The molecule has 1 aromatic heterocycles. The predicted molar refractivity (Wildman–Crippen MR) is 89.4 cm³/mol. The quantitative estimate of drug-likeness (QED) is 0.898. The minimum absolute atomic E-state index is 0.0276. The minimum Gasteiger partial charge on any atom is -0.381 e. The van der Waals surface area contributed by atoms with Crippen LogP contribution in [0, 0.1) is 11.3 Å². The van der Waals surface area contributed by atoms with E-state index < -0.39 is 0 Å². The van der Waals surface area contributed by atoms with Crippen molar-refractivity contribution >= 4 is 5.91 Å². The second kappa shape index (κ2) is 6.63. The van der Waals surface area contributed by atoms with Gasteiger partial charge < -0.3 is 10.1 Å². The van der Waals surface area contributed by atoms with Crippen LogP contribution in [0.25, 0.3) is 0 Å². The number of hydrogen-bond acceptors (Lipinski definition) is 3. The summed E-state index contributed by atoms with van der Waals surface area (Å²) in [6.07, 6.45) is 6.96. The standard InChI is InChI=1S/C18H29N3O2/c1-18(2,3)13-4-5-14(10-13)20-17(22)15-11-19-21-16(15)12-6-8-23-9-7-12/h11-14H,4-10H2,1-3H3,(H,19,21)(H,20,22). The SMILES string of the molecule is CC(C)(C)C1CCC(NC(=O)c2cn[nH]c2C2CCOCC2)C1. The van der Waals surface area contributed by atoms with E-state index in [4.69, 9.17) is 4.74 Å². The fourth-order valence-corrected chi connectivity index (χ4v) is 3.94. The molecule has 23 heavy (non-hydrogen) atoms. The van der Waals surface area contributed by atoms with Gasteiger partial charge in [-0.05, 0) is 43.4 Å². The molecule has 2 atom stereocenters. The second-order valence-corrected chi connectivity index (χ2v) is 8.13. The summed E-state index contributed by atoms with van der Waals surface area (Å²) in [5.41, 5.74) is 2.02. The van der Waals surface area contributed by atoms with E-state index >= 15 is 0 Å². The number of amides is 1. The van der Waals surface area contributed by atoms with Crippen LogP contribution < -0.4 is 5.32 Å². The Morgan fingerprint density at radius 3 is 2.65 bits per heavy atom. The van der Waals surface area contributed by atoms with Crippen LogP contribution in [0.5, 0.6) is 0 Å². The van der Waals surface area contributed by atoms with Crippen molar-refractivity contribution in [3.8, 4) is 0 Å². The summed E-state index contributed by atoms with van der Waals surface area (Å²) < 4.78 is 5.41. The van der Waals surface area contributed by atoms with Crippen molar-refractivity contribution in [2.75, 3.05) is 13.2 Å². The van der Waals surface area contributed by atoms with Crippen molar-refractivity contribution in [3.63, 3.8) is 0 Å². The number of aromatic nitrogens is 2. The van der Waals surface area contributed by atoms with Gasteiger partial charge in [0.2, 0.25) is 0 Å². The predicted octanol–water partition coefficient (Wildman–Crippen LogP) is 3.25. The van der Waals surface area contributed by atoms with E-state index in [-0.39, 0.29) is 5.91 Å². The van der Waals surface area contributed by atoms with Crippen LogP contribution in [0.1, 0.15) is 74.8 Å². The number of nitrogens with zero attached hydrogens (tertiary/aromatic N) is 1. The van der Waals surface area contributed by atoms with Gasteiger partial charge in [0.1, 0.15) is 0 Å². The van der Waals surface area contributed by atoms with Gasteiger partial charge in [-0.1, -0.05) is 20.8 Å². The molecule has 1 aromatic rings. The van der Waals surface area contributed by atoms with Crippen LogP contribution in [0.15, 0.2) is 6.20 Å². The summed E-state index contributed by atoms with van der Waals surface area (Å²) >= 11 is 0. The van der Waals surface area contributed by atoms with E-state index in [9.17, 15) is 4.79 Å². The molecule has 0 bridgehead atoms. The Morgan fingerprint density at radius 2 is 2.00 bits per heavy atom. The summed E-state index contributed by atoms with van der Waals surface area (Å²) in [4.78, 5) is 12.7. The van der Waals surface area contributed by atoms with Crippen LogP contribution >= 0.6 is 0 Å². The van der Waals surface area contributed by atoms with Gasteiger partial charge in [0.05, 0.1) is 17.5 Å². The Kier molecular flexibility index (Phi) is 4.76. The zero-order chi connectivity index (χ0) is 16.4. The van der Waals surface area contributed by atoms with Crippen molar-refractivity contribution in [1.29, 1.82) is 0 Å². The molecular formula is C18H29N3O2. The summed E-state index contributed by atoms with van der Waals surface area (Å²) in [6.45, 7) is 8.41. The van der Waals surface area contributed by atoms with Gasteiger partial charge in [0.25, 0.3) is 5.91 Å². The highest BCUT2D eigenvalue weighted by Gasteiger charge is 2.34. The molecule has 1 aliphatic carbocycles. The Labute approximate surface area is 138 Å². The number of aromatic amines is 1. The number of rotatable bonds is 3. The largest absolute Gasteiger partial charge is 0.381 e. The topological polar surface area (TPSA) is 67.0 Å². The number of nitrogens with one attached hydrogen (secondary N) is 2. The maximum atomic E-state index is 12.7. The van der Waals surface area contributed by atoms with Crippen molar-refractivity contribution in [1.82, 2.24) is 15.5 Å². The Balaban J connectivity index is 1.62. The molecule has 5 heteroatoms. The molecule has 1 aliphatic heterocycles. The van der Waals surface area contributed by atoms with E-state index in [1.807, 2.05) is 0 Å². The summed E-state index contributed by atoms with van der Waals surface area (Å²) in [5, 5.41) is 10.4. The first-order chi connectivity index (χ1) is 10.9. The summed E-state index contributed by atoms with van der Waals surface area (Å²) in [5.74, 6) is 1.07. The molecule has 0 spiro atoms. The monoisotopic (exact) mass is 319 g/mol. The first kappa shape index (κ1) is 16.5. The highest BCUT2D eigenvalue weighted by molar-refractivity contribution is 5.95. The van der Waals surface area contributed by atoms with Gasteiger partial charge in [0.15, 0.2) is 0 Å². The highest BCUT2D eigenvalue weighted by atomic mass is 16.5. The number of carbonyl (C=O) groups excluding carboxylic acids is 1. The fourth-order valence-electron chi connectivity index (χ4n) is 3.94. The Morgan fingerprint density at radius 1 is 1.26 bits per heavy atom. The van der Waals surface area contributed by atoms with Crippen LogP contribution in [0.2, 0.25) is 0 Å². The van der Waals surface area contributed by atoms with Crippen molar-refractivity contribution in [2.45, 2.75) is 64.8 Å². The molecule has 128 valence electrons. The van der Waals surface area contributed by atoms with E-state index in [0.29, 0.717) is 23.3 Å². The first-order valence-corrected chi connectivity index (χ1v) is 8.87. The molecule has 2 unspecified atom stereocenters. The zero-order valence-corrected chi connectivity index (χ0v) is 14.5. The molecule has 5 nitrogen and oxygen atoms in total. The molecule has 3 rings (SSSR count). The fraction of sp³-hybridized carbons (Fsp3) is 0.778. The third-order valence-electron chi connectivity index (χ3n) is 5.54. The Hall–Kier alpha value is -1.36. The van der Waals surface area contributed by atoms with Crippen LogP contribution in [-0.4, -0.2) is 35.4 Å². The first-order valence-electron chi connectivity index (χ1n) is 8.87. The van der Waals surface area contributed by atoms with Crippen LogP contribution in [0.3, 0.4) is 0 Å². The third-order valence-corrected chi connectivity index (χ3v) is 5.54. The van der Waals surface area contributed by atoms with Gasteiger partial charge in [-0.15, -0.1) is 0 Å². The lowest BCUT2D eigenvalue weighted by Crippen LogP contribution is -2.34. The molecule has 1 saturated carbocycles. The Bertz CT molecular complexity index is 541. The van der Waals surface area contributed by atoms with E-state index in [1.54, 1.807) is 6.20 Å². The smallest absolute Gasteiger partial charge is 0.254 e. The van der Waals surface area contributed by atoms with Gasteiger partial charge in [-0.3, -0.25) is 9.89 Å². The molecule has 2 fully saturated rings. The highest BCUT2D eigenvalue weighted by Crippen LogP contribution is 2.39. The molecule has 1 saturated heterocycles. The molecule has 1 amide bonds. The molecule has 0 aromatic carbocycles. The number of carbonyl (C=O) groups is 1. The number of H-pyrrole nitrogens is 1. The maximum absolute atomic E-state index is 12.7. The van der Waals surface area contributed by atoms with Crippen molar-refractivity contribution in [2.24, 2.45) is 11.3 Å². The van der Waals surface area contributed by atoms with Gasteiger partial charge in [-0.2, -0.15) is 5.10 Å². The lowest BCUT2D eigenvalue weighted by atomic mass is 9.80. The van der Waals surface area contributed by atoms with Gasteiger partial charge in [-0.25, -0.2) is 0 Å². The molecule has 2 N–H and O–H groups in total. The van der Waals surface area contributed by atoms with Crippen molar-refractivity contribution < 1.29 is 9.53 Å². The average molecular weight is 319 g/mol. The van der Waals surface area contributed by atoms with Gasteiger partial charge in [0, 0.05) is 25.2 Å².